The number of carbonyl (C=O) groups is 3. The topological polar surface area (TPSA) is 88.2 Å². The van der Waals surface area contributed by atoms with Gasteiger partial charge >= 0.3 is 6.09 Å². The van der Waals surface area contributed by atoms with E-state index in [0.717, 1.165) is 24.1 Å². The van der Waals surface area contributed by atoms with Gasteiger partial charge in [-0.15, -0.1) is 11.3 Å². The van der Waals surface area contributed by atoms with Gasteiger partial charge in [0, 0.05) is 37.0 Å². The highest BCUT2D eigenvalue weighted by atomic mass is 35.5. The van der Waals surface area contributed by atoms with Crippen molar-refractivity contribution in [3.8, 4) is 0 Å². The van der Waals surface area contributed by atoms with Crippen LogP contribution in [-0.2, 0) is 20.9 Å². The molecule has 10 heteroatoms. The van der Waals surface area contributed by atoms with Gasteiger partial charge in [-0.25, -0.2) is 4.79 Å². The van der Waals surface area contributed by atoms with Crippen LogP contribution < -0.4 is 15.1 Å². The zero-order valence-corrected chi connectivity index (χ0v) is 19.2. The number of ether oxygens (including phenoxy) is 2. The van der Waals surface area contributed by atoms with Crippen LogP contribution in [0.5, 0.6) is 0 Å². The van der Waals surface area contributed by atoms with Crippen molar-refractivity contribution in [2.45, 2.75) is 32.0 Å². The van der Waals surface area contributed by atoms with Gasteiger partial charge in [0.1, 0.15) is 6.10 Å². The van der Waals surface area contributed by atoms with E-state index in [1.165, 1.54) is 16.2 Å². The monoisotopic (exact) mass is 477 g/mol. The van der Waals surface area contributed by atoms with Gasteiger partial charge in [-0.1, -0.05) is 11.6 Å². The van der Waals surface area contributed by atoms with Gasteiger partial charge in [-0.05, 0) is 43.2 Å². The minimum absolute atomic E-state index is 0.102. The normalized spacial score (nSPS) is 18.8. The third kappa shape index (κ3) is 4.90. The first-order valence-corrected chi connectivity index (χ1v) is 11.6. The highest BCUT2D eigenvalue weighted by molar-refractivity contribution is 7.18. The number of anilines is 2. The van der Waals surface area contributed by atoms with E-state index in [9.17, 15) is 14.4 Å². The maximum Gasteiger partial charge on any atom is 0.414 e. The largest absolute Gasteiger partial charge is 0.442 e. The van der Waals surface area contributed by atoms with Crippen LogP contribution in [0.3, 0.4) is 0 Å². The number of hydrogen-bond acceptors (Lipinski definition) is 6. The Hall–Kier alpha value is -2.62. The minimum Gasteiger partial charge on any atom is -0.442 e. The number of carbonyl (C=O) groups excluding carboxylic acids is 3. The number of rotatable bonds is 7. The van der Waals surface area contributed by atoms with Crippen molar-refractivity contribution in [2.24, 2.45) is 0 Å². The Bertz CT molecular complexity index is 1030. The Morgan fingerprint density at radius 2 is 2.09 bits per heavy atom. The average molecular weight is 478 g/mol. The second-order valence-electron chi connectivity index (χ2n) is 7.68. The van der Waals surface area contributed by atoms with E-state index in [1.54, 1.807) is 24.1 Å². The van der Waals surface area contributed by atoms with Crippen LogP contribution in [0.25, 0.3) is 0 Å². The maximum absolute atomic E-state index is 12.5. The first-order chi connectivity index (χ1) is 15.5. The first-order valence-electron chi connectivity index (χ1n) is 10.4. The van der Waals surface area contributed by atoms with Crippen molar-refractivity contribution in [1.82, 2.24) is 5.32 Å². The highest BCUT2D eigenvalue weighted by Crippen LogP contribution is 2.31. The third-order valence-electron chi connectivity index (χ3n) is 5.45. The smallest absolute Gasteiger partial charge is 0.414 e. The van der Waals surface area contributed by atoms with Crippen LogP contribution in [0.15, 0.2) is 30.3 Å². The molecule has 0 unspecified atom stereocenters. The molecular formula is C22H24ClN3O5S. The van der Waals surface area contributed by atoms with Crippen LogP contribution in [0, 0.1) is 0 Å². The quantitative estimate of drug-likeness (QED) is 0.655. The predicted molar refractivity (Wildman–Crippen MR) is 123 cm³/mol. The SMILES string of the molecule is COCc1cc(N2C[C@H](CNC(=O)c3ccc(Cl)s3)OC2=O)ccc1N1CCCCC1=O. The van der Waals surface area contributed by atoms with Gasteiger partial charge in [-0.2, -0.15) is 0 Å². The number of amides is 3. The summed E-state index contributed by atoms with van der Waals surface area (Å²) in [6.45, 7) is 1.50. The second-order valence-corrected chi connectivity index (χ2v) is 9.39. The summed E-state index contributed by atoms with van der Waals surface area (Å²) < 4.78 is 11.3. The summed E-state index contributed by atoms with van der Waals surface area (Å²) in [5.74, 6) is -0.154. The maximum atomic E-state index is 12.5. The lowest BCUT2D eigenvalue weighted by Crippen LogP contribution is -2.36. The Labute approximate surface area is 195 Å². The Morgan fingerprint density at radius 1 is 1.25 bits per heavy atom. The number of thiophene rings is 1. The molecule has 2 aliphatic rings. The molecule has 0 saturated carbocycles. The number of piperidine rings is 1. The fourth-order valence-corrected chi connectivity index (χ4v) is 4.86. The molecule has 8 nitrogen and oxygen atoms in total. The molecule has 0 bridgehead atoms. The van der Waals surface area contributed by atoms with Crippen molar-refractivity contribution in [1.29, 1.82) is 0 Å². The van der Waals surface area contributed by atoms with Gasteiger partial charge < -0.3 is 19.7 Å². The third-order valence-corrected chi connectivity index (χ3v) is 6.68. The molecule has 0 spiro atoms. The lowest BCUT2D eigenvalue weighted by molar-refractivity contribution is -0.119. The van der Waals surface area contributed by atoms with E-state index >= 15 is 0 Å². The first kappa shape index (κ1) is 22.6. The number of benzene rings is 1. The van der Waals surface area contributed by atoms with E-state index < -0.39 is 12.2 Å². The zero-order valence-electron chi connectivity index (χ0n) is 17.6. The molecule has 1 N–H and O–H groups in total. The molecule has 2 aromatic rings. The van der Waals surface area contributed by atoms with E-state index in [-0.39, 0.29) is 18.4 Å². The minimum atomic E-state index is -0.478. The van der Waals surface area contributed by atoms with Crippen LogP contribution in [-0.4, -0.2) is 50.8 Å². The molecule has 1 aromatic heterocycles. The van der Waals surface area contributed by atoms with E-state index in [1.807, 2.05) is 18.2 Å². The number of methoxy groups -OCH3 is 1. The van der Waals surface area contributed by atoms with Crippen molar-refractivity contribution >= 4 is 52.2 Å². The Morgan fingerprint density at radius 3 is 2.81 bits per heavy atom. The number of nitrogens with zero attached hydrogens (tertiary/aromatic N) is 2. The van der Waals surface area contributed by atoms with Crippen molar-refractivity contribution in [3.05, 3.63) is 45.1 Å². The molecule has 1 atom stereocenters. The number of halogens is 1. The van der Waals surface area contributed by atoms with Crippen molar-refractivity contribution in [3.63, 3.8) is 0 Å². The number of nitrogens with one attached hydrogen (secondary N) is 1. The fourth-order valence-electron chi connectivity index (χ4n) is 3.90. The fraction of sp³-hybridized carbons (Fsp3) is 0.409. The van der Waals surface area contributed by atoms with Crippen molar-refractivity contribution in [2.75, 3.05) is 36.5 Å². The lowest BCUT2D eigenvalue weighted by atomic mass is 10.1. The van der Waals surface area contributed by atoms with Gasteiger partial charge in [-0.3, -0.25) is 14.5 Å². The van der Waals surface area contributed by atoms with E-state index in [0.29, 0.717) is 41.0 Å². The Kier molecular flexibility index (Phi) is 6.98. The van der Waals surface area contributed by atoms with E-state index in [4.69, 9.17) is 21.1 Å². The van der Waals surface area contributed by atoms with E-state index in [2.05, 4.69) is 5.32 Å². The standard InChI is InChI=1S/C22H24ClN3O5S/c1-30-13-14-10-15(5-6-17(14)25-9-3-2-4-20(25)27)26-12-16(31-22(26)29)11-24-21(28)18-7-8-19(23)32-18/h5-8,10,16H,2-4,9,11-13H2,1H3,(H,24,28)/t16-/m0/s1. The Balaban J connectivity index is 1.44. The summed E-state index contributed by atoms with van der Waals surface area (Å²) in [6, 6.07) is 8.84. The summed E-state index contributed by atoms with van der Waals surface area (Å²) in [6.07, 6.45) is 1.45. The molecule has 2 aliphatic heterocycles. The molecule has 3 heterocycles. The molecule has 2 saturated heterocycles. The molecule has 170 valence electrons. The number of cyclic esters (lactones) is 1. The summed E-state index contributed by atoms with van der Waals surface area (Å²) in [7, 11) is 1.60. The van der Waals surface area contributed by atoms with Crippen molar-refractivity contribution < 1.29 is 23.9 Å². The van der Waals surface area contributed by atoms with Crippen LogP contribution in [0.2, 0.25) is 4.34 Å². The molecular weight excluding hydrogens is 454 g/mol. The molecule has 4 rings (SSSR count). The highest BCUT2D eigenvalue weighted by Gasteiger charge is 2.33. The zero-order chi connectivity index (χ0) is 22.7. The summed E-state index contributed by atoms with van der Waals surface area (Å²) >= 11 is 7.06. The van der Waals surface area contributed by atoms with Gasteiger partial charge in [0.05, 0.1) is 28.9 Å². The lowest BCUT2D eigenvalue weighted by Gasteiger charge is -2.29. The average Bonchev–Trinajstić information content (AvgIpc) is 3.38. The molecule has 2 fully saturated rings. The second kappa shape index (κ2) is 9.89. The number of hydrogen-bond donors (Lipinski definition) is 1. The molecule has 0 aliphatic carbocycles. The predicted octanol–water partition coefficient (Wildman–Crippen LogP) is 3.82. The van der Waals surface area contributed by atoms with Crippen LogP contribution in [0.4, 0.5) is 16.2 Å². The van der Waals surface area contributed by atoms with Gasteiger partial charge in [0.15, 0.2) is 0 Å². The summed E-state index contributed by atoms with van der Waals surface area (Å²) in [5, 5.41) is 2.78. The molecule has 3 amide bonds. The molecule has 1 aromatic carbocycles. The van der Waals surface area contributed by atoms with Crippen LogP contribution >= 0.6 is 22.9 Å². The molecule has 0 radical (unpaired) electrons. The summed E-state index contributed by atoms with van der Waals surface area (Å²) in [5.41, 5.74) is 2.31. The van der Waals surface area contributed by atoms with Gasteiger partial charge in [0.25, 0.3) is 5.91 Å². The summed E-state index contributed by atoms with van der Waals surface area (Å²) in [4.78, 5) is 40.9. The molecule has 32 heavy (non-hydrogen) atoms. The van der Waals surface area contributed by atoms with Gasteiger partial charge in [0.2, 0.25) is 5.91 Å². The van der Waals surface area contributed by atoms with Crippen LogP contribution in [0.1, 0.15) is 34.5 Å².